The molecule has 0 saturated heterocycles. The molecule has 0 aliphatic heterocycles. The molecule has 3 aromatic carbocycles. The van der Waals surface area contributed by atoms with Crippen molar-refractivity contribution in [2.75, 3.05) is 0 Å². The summed E-state index contributed by atoms with van der Waals surface area (Å²) in [6.07, 6.45) is 16.6. The molecule has 5 rings (SSSR count). The highest BCUT2D eigenvalue weighted by Gasteiger charge is 2.35. The van der Waals surface area contributed by atoms with Crippen LogP contribution in [0.2, 0.25) is 0 Å². The molecular formula is C36H44F2O. The van der Waals surface area contributed by atoms with E-state index in [2.05, 4.69) is 19.1 Å². The number of hydrogen-bond acceptors (Lipinski definition) is 1. The Morgan fingerprint density at radius 2 is 1.41 bits per heavy atom. The maximum atomic E-state index is 14.8. The van der Waals surface area contributed by atoms with Gasteiger partial charge < -0.3 is 4.74 Å². The van der Waals surface area contributed by atoms with Crippen molar-refractivity contribution in [3.63, 3.8) is 0 Å². The summed E-state index contributed by atoms with van der Waals surface area (Å²) in [5, 5.41) is 0. The zero-order valence-corrected chi connectivity index (χ0v) is 23.5. The average molecular weight is 531 g/mol. The summed E-state index contributed by atoms with van der Waals surface area (Å²) in [5.74, 6) is 1.70. The lowest BCUT2D eigenvalue weighted by Gasteiger charge is -2.42. The van der Waals surface area contributed by atoms with E-state index in [0.29, 0.717) is 11.5 Å². The highest BCUT2D eigenvalue weighted by atomic mass is 19.1. The normalized spacial score (nSPS) is 22.8. The number of benzene rings is 3. The van der Waals surface area contributed by atoms with Gasteiger partial charge >= 0.3 is 0 Å². The Labute approximate surface area is 234 Å². The first-order chi connectivity index (χ1) is 19.1. The molecule has 2 aliphatic rings. The van der Waals surface area contributed by atoms with Crippen LogP contribution in [0.4, 0.5) is 8.78 Å². The number of unbranched alkanes of at least 4 members (excludes halogenated alkanes) is 4. The van der Waals surface area contributed by atoms with E-state index >= 15 is 0 Å². The maximum Gasteiger partial charge on any atom is 0.191 e. The van der Waals surface area contributed by atoms with Gasteiger partial charge in [0.15, 0.2) is 17.4 Å². The number of rotatable bonds is 11. The van der Waals surface area contributed by atoms with Gasteiger partial charge in [0.2, 0.25) is 0 Å². The fourth-order valence-electron chi connectivity index (χ4n) is 7.13. The molecule has 208 valence electrons. The summed E-state index contributed by atoms with van der Waals surface area (Å²) in [5.41, 5.74) is 3.62. The van der Waals surface area contributed by atoms with Gasteiger partial charge in [0, 0.05) is 0 Å². The van der Waals surface area contributed by atoms with Crippen molar-refractivity contribution in [3.05, 3.63) is 89.5 Å². The van der Waals surface area contributed by atoms with E-state index in [1.54, 1.807) is 0 Å². The number of ether oxygens (including phenoxy) is 1. The molecule has 0 aromatic heterocycles. The molecule has 2 aliphatic carbocycles. The molecule has 0 spiro atoms. The van der Waals surface area contributed by atoms with Gasteiger partial charge in [-0.15, -0.1) is 0 Å². The second-order valence-electron chi connectivity index (χ2n) is 12.1. The molecule has 3 aromatic rings. The lowest BCUT2D eigenvalue weighted by Crippen LogP contribution is -2.30. The van der Waals surface area contributed by atoms with Crippen LogP contribution in [0.3, 0.4) is 0 Å². The van der Waals surface area contributed by atoms with Gasteiger partial charge in [-0.25, -0.2) is 8.78 Å². The fourth-order valence-corrected chi connectivity index (χ4v) is 7.13. The Bertz CT molecular complexity index is 1150. The monoisotopic (exact) mass is 530 g/mol. The van der Waals surface area contributed by atoms with Crippen molar-refractivity contribution in [1.29, 1.82) is 0 Å². The molecule has 2 fully saturated rings. The molecule has 39 heavy (non-hydrogen) atoms. The summed E-state index contributed by atoms with van der Waals surface area (Å²) >= 11 is 0. The SMILES string of the molecule is CCCCCCCC1CC[C@@H]2C[C@H](c3ccc(-c4cc(F)c(OCc5ccccc5)c(F)c4)cc3)CC[C@@H]2C1. The van der Waals surface area contributed by atoms with Gasteiger partial charge in [-0.3, -0.25) is 0 Å². The van der Waals surface area contributed by atoms with Crippen LogP contribution in [0.15, 0.2) is 66.7 Å². The Balaban J connectivity index is 1.15. The second-order valence-corrected chi connectivity index (χ2v) is 12.1. The molecule has 4 atom stereocenters. The Morgan fingerprint density at radius 1 is 0.718 bits per heavy atom. The molecule has 0 amide bonds. The lowest BCUT2D eigenvalue weighted by atomic mass is 9.63. The van der Waals surface area contributed by atoms with E-state index in [1.165, 1.54) is 94.7 Å². The molecule has 3 heteroatoms. The van der Waals surface area contributed by atoms with E-state index in [1.807, 2.05) is 42.5 Å². The predicted molar refractivity (Wildman–Crippen MR) is 157 cm³/mol. The Hall–Kier alpha value is -2.68. The predicted octanol–water partition coefficient (Wildman–Crippen LogP) is 10.9. The van der Waals surface area contributed by atoms with Crippen molar-refractivity contribution in [2.24, 2.45) is 17.8 Å². The second kappa shape index (κ2) is 13.6. The van der Waals surface area contributed by atoms with Crippen molar-refractivity contribution in [3.8, 4) is 16.9 Å². The first kappa shape index (κ1) is 27.9. The Morgan fingerprint density at radius 3 is 2.15 bits per heavy atom. The summed E-state index contributed by atoms with van der Waals surface area (Å²) < 4.78 is 35.1. The van der Waals surface area contributed by atoms with E-state index < -0.39 is 11.6 Å². The molecule has 1 unspecified atom stereocenters. The van der Waals surface area contributed by atoms with Crippen molar-refractivity contribution in [1.82, 2.24) is 0 Å². The molecular weight excluding hydrogens is 486 g/mol. The van der Waals surface area contributed by atoms with Crippen LogP contribution >= 0.6 is 0 Å². The van der Waals surface area contributed by atoms with Gasteiger partial charge in [0.25, 0.3) is 0 Å². The van der Waals surface area contributed by atoms with Gasteiger partial charge in [-0.05, 0) is 90.2 Å². The van der Waals surface area contributed by atoms with Gasteiger partial charge in [-0.1, -0.05) is 106 Å². The molecule has 0 heterocycles. The minimum atomic E-state index is -0.667. The van der Waals surface area contributed by atoms with Crippen molar-refractivity contribution < 1.29 is 13.5 Å². The molecule has 2 saturated carbocycles. The quantitative estimate of drug-likeness (QED) is 0.224. The van der Waals surface area contributed by atoms with Crippen LogP contribution in [0.5, 0.6) is 5.75 Å². The maximum absolute atomic E-state index is 14.8. The molecule has 1 nitrogen and oxygen atoms in total. The van der Waals surface area contributed by atoms with E-state index in [9.17, 15) is 8.78 Å². The smallest absolute Gasteiger partial charge is 0.191 e. The Kier molecular flexibility index (Phi) is 9.71. The van der Waals surface area contributed by atoms with Crippen LogP contribution in [-0.2, 0) is 6.61 Å². The highest BCUT2D eigenvalue weighted by molar-refractivity contribution is 5.65. The third-order valence-electron chi connectivity index (χ3n) is 9.38. The first-order valence-corrected chi connectivity index (χ1v) is 15.4. The minimum Gasteiger partial charge on any atom is -0.483 e. The summed E-state index contributed by atoms with van der Waals surface area (Å²) in [6, 6.07) is 20.6. The molecule has 0 bridgehead atoms. The van der Waals surface area contributed by atoms with Crippen LogP contribution < -0.4 is 4.74 Å². The van der Waals surface area contributed by atoms with E-state index in [0.717, 1.165) is 28.9 Å². The largest absolute Gasteiger partial charge is 0.483 e. The van der Waals surface area contributed by atoms with Crippen LogP contribution in [0.25, 0.3) is 11.1 Å². The highest BCUT2D eigenvalue weighted by Crippen LogP contribution is 2.48. The molecule has 0 radical (unpaired) electrons. The minimum absolute atomic E-state index is 0.131. The first-order valence-electron chi connectivity index (χ1n) is 15.4. The summed E-state index contributed by atoms with van der Waals surface area (Å²) in [7, 11) is 0. The summed E-state index contributed by atoms with van der Waals surface area (Å²) in [6.45, 7) is 2.42. The van der Waals surface area contributed by atoms with Crippen LogP contribution in [-0.4, -0.2) is 0 Å². The van der Waals surface area contributed by atoms with E-state index in [-0.39, 0.29) is 12.4 Å². The standard InChI is InChI=1S/C36H44F2O/c1-2-3-4-5-7-10-26-13-14-32-22-31(20-19-30(32)21-26)28-15-17-29(18-16-28)33-23-34(37)36(35(38)24-33)39-25-27-11-8-6-9-12-27/h6,8-9,11-12,15-18,23-24,26,30-32H,2-5,7,10,13-14,19-22,25H2,1H3/t26?,30-,31-,32-/m1/s1. The summed E-state index contributed by atoms with van der Waals surface area (Å²) in [4.78, 5) is 0. The zero-order valence-electron chi connectivity index (χ0n) is 23.5. The third kappa shape index (κ3) is 7.29. The van der Waals surface area contributed by atoms with Crippen molar-refractivity contribution >= 4 is 0 Å². The van der Waals surface area contributed by atoms with Crippen LogP contribution in [0.1, 0.15) is 101 Å². The van der Waals surface area contributed by atoms with Gasteiger partial charge in [0.05, 0.1) is 0 Å². The number of halogens is 2. The van der Waals surface area contributed by atoms with Crippen LogP contribution in [0, 0.1) is 29.4 Å². The fraction of sp³-hybridized carbons (Fsp3) is 0.500. The van der Waals surface area contributed by atoms with Gasteiger partial charge in [0.1, 0.15) is 6.61 Å². The van der Waals surface area contributed by atoms with Gasteiger partial charge in [-0.2, -0.15) is 0 Å². The topological polar surface area (TPSA) is 9.23 Å². The van der Waals surface area contributed by atoms with Crippen molar-refractivity contribution in [2.45, 2.75) is 96.5 Å². The van der Waals surface area contributed by atoms with E-state index in [4.69, 9.17) is 4.74 Å². The average Bonchev–Trinajstić information content (AvgIpc) is 2.97. The number of hydrogen-bond donors (Lipinski definition) is 0. The number of fused-ring (bicyclic) bond motifs is 1. The third-order valence-corrected chi connectivity index (χ3v) is 9.38. The zero-order chi connectivity index (χ0) is 27.0. The lowest BCUT2D eigenvalue weighted by molar-refractivity contribution is 0.113. The molecule has 0 N–H and O–H groups in total.